The highest BCUT2D eigenvalue weighted by Crippen LogP contribution is 2.34. The molecule has 0 aromatic carbocycles. The highest BCUT2D eigenvalue weighted by atomic mass is 32.1. The van der Waals surface area contributed by atoms with Gasteiger partial charge < -0.3 is 4.74 Å². The average molecular weight is 261 g/mol. The Labute approximate surface area is 110 Å². The predicted octanol–water partition coefficient (Wildman–Crippen LogP) is 2.80. The third kappa shape index (κ3) is 2.28. The molecule has 1 saturated heterocycles. The summed E-state index contributed by atoms with van der Waals surface area (Å²) in [5.74, 6) is 0.554. The molecule has 2 aromatic rings. The van der Waals surface area contributed by atoms with Crippen LogP contribution in [0.4, 0.5) is 0 Å². The average Bonchev–Trinajstić information content (AvgIpc) is 2.83. The Morgan fingerprint density at radius 3 is 2.83 bits per heavy atom. The molecule has 18 heavy (non-hydrogen) atoms. The number of nitrogens with zero attached hydrogens (tertiary/aromatic N) is 3. The van der Waals surface area contributed by atoms with Crippen LogP contribution in [0.3, 0.4) is 0 Å². The maximum atomic E-state index is 5.41. The summed E-state index contributed by atoms with van der Waals surface area (Å²) in [5.41, 5.74) is 2.30. The highest BCUT2D eigenvalue weighted by Gasteiger charge is 2.21. The van der Waals surface area contributed by atoms with E-state index in [1.54, 1.807) is 23.7 Å². The SMILES string of the molecule is Cc1sc(-c2ccnnc2)nc1C1CCOCC1. The van der Waals surface area contributed by atoms with Crippen molar-refractivity contribution >= 4 is 11.3 Å². The summed E-state index contributed by atoms with van der Waals surface area (Å²) in [7, 11) is 0. The molecule has 3 rings (SSSR count). The van der Waals surface area contributed by atoms with Gasteiger partial charge in [-0.2, -0.15) is 10.2 Å². The zero-order chi connectivity index (χ0) is 12.4. The Balaban J connectivity index is 1.91. The van der Waals surface area contributed by atoms with E-state index in [9.17, 15) is 0 Å². The fraction of sp³-hybridized carbons (Fsp3) is 0.462. The first-order valence-electron chi connectivity index (χ1n) is 6.17. The second-order valence-corrected chi connectivity index (χ2v) is 5.68. The van der Waals surface area contributed by atoms with Gasteiger partial charge in [0.2, 0.25) is 0 Å². The molecule has 1 fully saturated rings. The van der Waals surface area contributed by atoms with Crippen LogP contribution in [0.5, 0.6) is 0 Å². The van der Waals surface area contributed by atoms with Gasteiger partial charge in [0.25, 0.3) is 0 Å². The summed E-state index contributed by atoms with van der Waals surface area (Å²) in [5, 5.41) is 8.75. The van der Waals surface area contributed by atoms with E-state index < -0.39 is 0 Å². The van der Waals surface area contributed by atoms with E-state index in [0.717, 1.165) is 36.6 Å². The van der Waals surface area contributed by atoms with Gasteiger partial charge in [0.15, 0.2) is 0 Å². The number of ether oxygens (including phenoxy) is 1. The largest absolute Gasteiger partial charge is 0.381 e. The standard InChI is InChI=1S/C13H15N3OS/c1-9-12(10-3-6-17-7-4-10)16-13(18-9)11-2-5-14-15-8-11/h2,5,8,10H,3-4,6-7H2,1H3. The molecule has 0 spiro atoms. The maximum Gasteiger partial charge on any atom is 0.125 e. The van der Waals surface area contributed by atoms with Gasteiger partial charge in [0, 0.05) is 29.6 Å². The van der Waals surface area contributed by atoms with Gasteiger partial charge in [0.1, 0.15) is 5.01 Å². The minimum Gasteiger partial charge on any atom is -0.381 e. The zero-order valence-corrected chi connectivity index (χ0v) is 11.1. The Morgan fingerprint density at radius 2 is 2.11 bits per heavy atom. The molecule has 94 valence electrons. The fourth-order valence-electron chi connectivity index (χ4n) is 2.30. The Hall–Kier alpha value is -1.33. The van der Waals surface area contributed by atoms with Crippen LogP contribution in [-0.4, -0.2) is 28.4 Å². The molecule has 5 heteroatoms. The smallest absolute Gasteiger partial charge is 0.125 e. The van der Waals surface area contributed by atoms with E-state index >= 15 is 0 Å². The maximum absolute atomic E-state index is 5.41. The number of aryl methyl sites for hydroxylation is 1. The summed E-state index contributed by atoms with van der Waals surface area (Å²) in [6.45, 7) is 3.86. The molecule has 0 N–H and O–H groups in total. The second kappa shape index (κ2) is 5.12. The van der Waals surface area contributed by atoms with Crippen molar-refractivity contribution in [2.75, 3.05) is 13.2 Å². The molecule has 0 atom stereocenters. The van der Waals surface area contributed by atoms with Crippen LogP contribution in [0.2, 0.25) is 0 Å². The van der Waals surface area contributed by atoms with Crippen LogP contribution in [0.15, 0.2) is 18.5 Å². The summed E-state index contributed by atoms with van der Waals surface area (Å²) >= 11 is 1.74. The number of rotatable bonds is 2. The molecular weight excluding hydrogens is 246 g/mol. The number of hydrogen-bond acceptors (Lipinski definition) is 5. The third-order valence-electron chi connectivity index (χ3n) is 3.27. The number of aromatic nitrogens is 3. The van der Waals surface area contributed by atoms with E-state index in [1.807, 2.05) is 6.07 Å². The van der Waals surface area contributed by atoms with E-state index in [4.69, 9.17) is 9.72 Å². The first-order valence-corrected chi connectivity index (χ1v) is 6.98. The quantitative estimate of drug-likeness (QED) is 0.834. The molecular formula is C13H15N3OS. The first-order chi connectivity index (χ1) is 8.84. The molecule has 2 aromatic heterocycles. The van der Waals surface area contributed by atoms with Gasteiger partial charge in [-0.3, -0.25) is 0 Å². The predicted molar refractivity (Wildman–Crippen MR) is 70.7 cm³/mol. The van der Waals surface area contributed by atoms with Gasteiger partial charge in [0.05, 0.1) is 18.1 Å². The molecule has 0 unspecified atom stereocenters. The number of hydrogen-bond donors (Lipinski definition) is 0. The van der Waals surface area contributed by atoms with Crippen LogP contribution >= 0.6 is 11.3 Å². The second-order valence-electron chi connectivity index (χ2n) is 4.48. The normalized spacial score (nSPS) is 16.9. The summed E-state index contributed by atoms with van der Waals surface area (Å²) in [4.78, 5) is 6.11. The molecule has 0 bridgehead atoms. The molecule has 1 aliphatic rings. The Bertz CT molecular complexity index is 520. The molecule has 0 saturated carbocycles. The Kier molecular flexibility index (Phi) is 3.34. The summed E-state index contributed by atoms with van der Waals surface area (Å²) in [6.07, 6.45) is 5.64. The molecule has 0 aliphatic carbocycles. The lowest BCUT2D eigenvalue weighted by molar-refractivity contribution is 0.0845. The van der Waals surface area contributed by atoms with Crippen molar-refractivity contribution in [3.8, 4) is 10.6 Å². The van der Waals surface area contributed by atoms with Crippen LogP contribution < -0.4 is 0 Å². The van der Waals surface area contributed by atoms with E-state index in [1.165, 1.54) is 10.6 Å². The summed E-state index contributed by atoms with van der Waals surface area (Å²) < 4.78 is 5.41. The van der Waals surface area contributed by atoms with Gasteiger partial charge >= 0.3 is 0 Å². The lowest BCUT2D eigenvalue weighted by Gasteiger charge is -2.20. The topological polar surface area (TPSA) is 47.9 Å². The molecule has 0 radical (unpaired) electrons. The molecule has 3 heterocycles. The van der Waals surface area contributed by atoms with Crippen LogP contribution in [0.25, 0.3) is 10.6 Å². The Morgan fingerprint density at radius 1 is 1.28 bits per heavy atom. The van der Waals surface area contributed by atoms with Gasteiger partial charge in [-0.15, -0.1) is 11.3 Å². The third-order valence-corrected chi connectivity index (χ3v) is 4.31. The van der Waals surface area contributed by atoms with Gasteiger partial charge in [-0.1, -0.05) is 0 Å². The van der Waals surface area contributed by atoms with Crippen molar-refractivity contribution in [2.24, 2.45) is 0 Å². The highest BCUT2D eigenvalue weighted by molar-refractivity contribution is 7.15. The van der Waals surface area contributed by atoms with E-state index in [0.29, 0.717) is 5.92 Å². The van der Waals surface area contributed by atoms with Crippen molar-refractivity contribution in [2.45, 2.75) is 25.7 Å². The van der Waals surface area contributed by atoms with Gasteiger partial charge in [-0.25, -0.2) is 4.98 Å². The van der Waals surface area contributed by atoms with Crippen molar-refractivity contribution in [3.63, 3.8) is 0 Å². The van der Waals surface area contributed by atoms with Gasteiger partial charge in [-0.05, 0) is 25.8 Å². The molecule has 0 amide bonds. The van der Waals surface area contributed by atoms with Crippen molar-refractivity contribution in [1.82, 2.24) is 15.2 Å². The lowest BCUT2D eigenvalue weighted by Crippen LogP contribution is -2.14. The van der Waals surface area contributed by atoms with Crippen LogP contribution in [-0.2, 0) is 4.74 Å². The minimum absolute atomic E-state index is 0.554. The van der Waals surface area contributed by atoms with Crippen molar-refractivity contribution in [3.05, 3.63) is 29.0 Å². The van der Waals surface area contributed by atoms with E-state index in [-0.39, 0.29) is 0 Å². The fourth-order valence-corrected chi connectivity index (χ4v) is 3.29. The lowest BCUT2D eigenvalue weighted by atomic mass is 9.96. The first kappa shape index (κ1) is 11.7. The molecule has 4 nitrogen and oxygen atoms in total. The molecule has 1 aliphatic heterocycles. The summed E-state index contributed by atoms with van der Waals surface area (Å²) in [6, 6.07) is 1.96. The zero-order valence-electron chi connectivity index (χ0n) is 10.3. The monoisotopic (exact) mass is 261 g/mol. The van der Waals surface area contributed by atoms with Crippen LogP contribution in [0, 0.1) is 6.92 Å². The van der Waals surface area contributed by atoms with Crippen molar-refractivity contribution < 1.29 is 4.74 Å². The van der Waals surface area contributed by atoms with E-state index in [2.05, 4.69) is 17.1 Å². The van der Waals surface area contributed by atoms with Crippen molar-refractivity contribution in [1.29, 1.82) is 0 Å². The minimum atomic E-state index is 0.554. The number of thiazole rings is 1. The van der Waals surface area contributed by atoms with Crippen LogP contribution in [0.1, 0.15) is 29.3 Å².